The van der Waals surface area contributed by atoms with E-state index in [0.29, 0.717) is 17.0 Å². The summed E-state index contributed by atoms with van der Waals surface area (Å²) in [5.74, 6) is -4.14. The number of alkyl halides is 6. The lowest BCUT2D eigenvalue weighted by molar-refractivity contribution is -0.192. The number of aromatic nitrogens is 6. The van der Waals surface area contributed by atoms with Crippen LogP contribution in [0.3, 0.4) is 0 Å². The van der Waals surface area contributed by atoms with Crippen molar-refractivity contribution >= 4 is 40.6 Å². The zero-order valence-electron chi connectivity index (χ0n) is 20.1. The highest BCUT2D eigenvalue weighted by atomic mass is 35.5. The molecule has 1 amide bonds. The summed E-state index contributed by atoms with van der Waals surface area (Å²) in [6.45, 7) is -0.0939. The molecule has 0 aliphatic carbocycles. The minimum absolute atomic E-state index is 0.0657. The summed E-state index contributed by atoms with van der Waals surface area (Å²) in [6, 6.07) is 4.56. The number of carboxylic acids is 1. The summed E-state index contributed by atoms with van der Waals surface area (Å²) >= 11 is 12.3. The average molecular weight is 626 g/mol. The Morgan fingerprint density at radius 3 is 2.39 bits per heavy atom. The average Bonchev–Trinajstić information content (AvgIpc) is 3.46. The third-order valence-electron chi connectivity index (χ3n) is 5.75. The first-order valence-electron chi connectivity index (χ1n) is 11.2. The highest BCUT2D eigenvalue weighted by Crippen LogP contribution is 2.30. The van der Waals surface area contributed by atoms with Gasteiger partial charge in [-0.1, -0.05) is 23.2 Å². The number of carbonyl (C=O) groups excluding carboxylic acids is 1. The van der Waals surface area contributed by atoms with Crippen LogP contribution in [0.1, 0.15) is 33.4 Å². The molecule has 0 aromatic carbocycles. The molecule has 4 aromatic heterocycles. The van der Waals surface area contributed by atoms with Gasteiger partial charge in [-0.15, -0.1) is 10.2 Å². The molecule has 0 atom stereocenters. The van der Waals surface area contributed by atoms with E-state index in [0.717, 1.165) is 4.57 Å². The number of carbonyl (C=O) groups is 2. The number of rotatable bonds is 3. The Bertz CT molecular complexity index is 1700. The quantitative estimate of drug-likeness (QED) is 0.330. The van der Waals surface area contributed by atoms with Crippen LogP contribution >= 0.6 is 23.2 Å². The third-order valence-corrected chi connectivity index (χ3v) is 6.51. The smallest absolute Gasteiger partial charge is 0.475 e. The van der Waals surface area contributed by atoms with E-state index >= 15 is 0 Å². The maximum atomic E-state index is 13.1. The predicted molar refractivity (Wildman–Crippen MR) is 129 cm³/mol. The number of hydrogen-bond donors (Lipinski definition) is 2. The number of amides is 1. The Morgan fingerprint density at radius 2 is 1.76 bits per heavy atom. The second-order valence-corrected chi connectivity index (χ2v) is 9.21. The molecule has 41 heavy (non-hydrogen) atoms. The van der Waals surface area contributed by atoms with E-state index in [-0.39, 0.29) is 59.0 Å². The van der Waals surface area contributed by atoms with Crippen molar-refractivity contribution in [3.05, 3.63) is 79.7 Å². The van der Waals surface area contributed by atoms with Crippen LogP contribution in [0.4, 0.5) is 26.3 Å². The number of fused-ring (bicyclic) bond motifs is 2. The highest BCUT2D eigenvalue weighted by Gasteiger charge is 2.40. The fraction of sp³-hybridized carbons (Fsp3) is 0.273. The second-order valence-electron chi connectivity index (χ2n) is 8.44. The third kappa shape index (κ3) is 6.30. The summed E-state index contributed by atoms with van der Waals surface area (Å²) in [6.07, 6.45) is -6.52. The van der Waals surface area contributed by atoms with Crippen molar-refractivity contribution in [3.8, 4) is 0 Å². The van der Waals surface area contributed by atoms with Gasteiger partial charge in [0.25, 0.3) is 11.5 Å². The molecular formula is C22H15Cl2F6N7O4. The Kier molecular flexibility index (Phi) is 8.04. The van der Waals surface area contributed by atoms with Crippen LogP contribution in [0, 0.1) is 0 Å². The van der Waals surface area contributed by atoms with Crippen LogP contribution in [0.5, 0.6) is 0 Å². The van der Waals surface area contributed by atoms with Crippen LogP contribution in [0.15, 0.2) is 35.4 Å². The van der Waals surface area contributed by atoms with Crippen molar-refractivity contribution in [1.82, 2.24) is 34.0 Å². The summed E-state index contributed by atoms with van der Waals surface area (Å²) in [4.78, 5) is 42.4. The Morgan fingerprint density at radius 1 is 1.07 bits per heavy atom. The number of aromatic amines is 1. The van der Waals surface area contributed by atoms with Gasteiger partial charge in [0.15, 0.2) is 5.82 Å². The monoisotopic (exact) mass is 625 g/mol. The first-order valence-corrected chi connectivity index (χ1v) is 11.9. The maximum Gasteiger partial charge on any atom is 0.490 e. The van der Waals surface area contributed by atoms with Gasteiger partial charge in [0.2, 0.25) is 5.82 Å². The van der Waals surface area contributed by atoms with Crippen molar-refractivity contribution < 1.29 is 41.0 Å². The molecule has 0 bridgehead atoms. The molecule has 0 radical (unpaired) electrons. The first-order chi connectivity index (χ1) is 19.1. The number of pyridine rings is 1. The van der Waals surface area contributed by atoms with E-state index in [9.17, 15) is 35.9 Å². The van der Waals surface area contributed by atoms with Gasteiger partial charge in [-0.25, -0.2) is 4.79 Å². The molecule has 2 N–H and O–H groups in total. The van der Waals surface area contributed by atoms with Crippen molar-refractivity contribution in [2.24, 2.45) is 0 Å². The zero-order chi connectivity index (χ0) is 30.3. The number of hydrogen-bond acceptors (Lipinski definition) is 6. The maximum absolute atomic E-state index is 13.1. The van der Waals surface area contributed by atoms with Gasteiger partial charge in [0, 0.05) is 48.9 Å². The molecule has 1 aliphatic rings. The van der Waals surface area contributed by atoms with E-state index in [2.05, 4.69) is 20.2 Å². The van der Waals surface area contributed by atoms with Crippen LogP contribution in [-0.2, 0) is 30.5 Å². The lowest BCUT2D eigenvalue weighted by atomic mass is 10.1. The zero-order valence-corrected chi connectivity index (χ0v) is 21.6. The molecule has 1 aliphatic heterocycles. The van der Waals surface area contributed by atoms with Gasteiger partial charge >= 0.3 is 18.3 Å². The Balaban J connectivity index is 0.000000493. The molecule has 0 fully saturated rings. The SMILES string of the molecule is O=C(O)C(F)(F)F.O=C(c1ccnc(Cc2c[nH]c(=O)c3cc(Cl)c(Cl)n23)c1)N1CCn2c(nnc2C(F)(F)F)C1. The van der Waals surface area contributed by atoms with E-state index in [4.69, 9.17) is 33.1 Å². The minimum Gasteiger partial charge on any atom is -0.475 e. The Labute approximate surface area is 233 Å². The highest BCUT2D eigenvalue weighted by molar-refractivity contribution is 6.42. The molecule has 0 unspecified atom stereocenters. The predicted octanol–water partition coefficient (Wildman–Crippen LogP) is 3.82. The molecule has 0 saturated heterocycles. The molecule has 5 rings (SSSR count). The van der Waals surface area contributed by atoms with E-state index in [1.807, 2.05) is 0 Å². The number of H-pyrrole nitrogens is 1. The molecule has 5 heterocycles. The molecule has 0 saturated carbocycles. The van der Waals surface area contributed by atoms with Crippen LogP contribution in [-0.4, -0.2) is 63.7 Å². The molecular weight excluding hydrogens is 611 g/mol. The fourth-order valence-electron chi connectivity index (χ4n) is 3.94. The first kappa shape index (κ1) is 29.9. The van der Waals surface area contributed by atoms with Gasteiger partial charge in [-0.05, 0) is 18.2 Å². The van der Waals surface area contributed by atoms with Gasteiger partial charge in [0.1, 0.15) is 10.7 Å². The van der Waals surface area contributed by atoms with Crippen molar-refractivity contribution in [2.45, 2.75) is 31.9 Å². The number of aliphatic carboxylic acids is 1. The van der Waals surface area contributed by atoms with Crippen molar-refractivity contribution in [3.63, 3.8) is 0 Å². The van der Waals surface area contributed by atoms with E-state index in [1.165, 1.54) is 33.8 Å². The molecule has 4 aromatic rings. The lowest BCUT2D eigenvalue weighted by Gasteiger charge is -2.28. The summed E-state index contributed by atoms with van der Waals surface area (Å²) in [7, 11) is 0. The standard InChI is InChI=1S/C20H14Cl2F3N7O2.C2HF3O2/c21-13-7-14-17(33)27-8-12(32(14)16(13)22)6-11-5-10(1-2-26-11)18(34)30-3-4-31-15(9-30)28-29-19(31)20(23,24)25;3-2(4,5)1(6)7/h1-2,5,7-8H,3-4,6,9H2,(H,27,33);(H,6,7). The molecule has 218 valence electrons. The van der Waals surface area contributed by atoms with E-state index in [1.54, 1.807) is 6.07 Å². The lowest BCUT2D eigenvalue weighted by Crippen LogP contribution is -2.39. The summed E-state index contributed by atoms with van der Waals surface area (Å²) in [5, 5.41) is 14.4. The van der Waals surface area contributed by atoms with Crippen molar-refractivity contribution in [1.29, 1.82) is 0 Å². The van der Waals surface area contributed by atoms with Gasteiger partial charge in [0.05, 0.1) is 11.6 Å². The van der Waals surface area contributed by atoms with Crippen LogP contribution in [0.25, 0.3) is 5.52 Å². The summed E-state index contributed by atoms with van der Waals surface area (Å²) in [5.41, 5.74) is 1.33. The molecule has 11 nitrogen and oxygen atoms in total. The topological polar surface area (TPSA) is 138 Å². The largest absolute Gasteiger partial charge is 0.490 e. The molecule has 19 heteroatoms. The van der Waals surface area contributed by atoms with Crippen molar-refractivity contribution in [2.75, 3.05) is 6.54 Å². The fourth-order valence-corrected chi connectivity index (χ4v) is 4.38. The van der Waals surface area contributed by atoms with Gasteiger partial charge in [-0.2, -0.15) is 26.3 Å². The van der Waals surface area contributed by atoms with Gasteiger partial charge < -0.3 is 19.6 Å². The Hall–Kier alpha value is -4.12. The van der Waals surface area contributed by atoms with Crippen LogP contribution in [0.2, 0.25) is 10.2 Å². The molecule has 0 spiro atoms. The normalized spacial score (nSPS) is 13.5. The second kappa shape index (κ2) is 11.0. The summed E-state index contributed by atoms with van der Waals surface area (Å²) < 4.78 is 73.4. The number of halogens is 8. The van der Waals surface area contributed by atoms with E-state index < -0.39 is 24.1 Å². The minimum atomic E-state index is -5.08. The van der Waals surface area contributed by atoms with Gasteiger partial charge in [-0.3, -0.25) is 19.0 Å². The van der Waals surface area contributed by atoms with Crippen LogP contribution < -0.4 is 5.56 Å². The number of nitrogens with zero attached hydrogens (tertiary/aromatic N) is 6. The number of nitrogens with one attached hydrogen (secondary N) is 1. The number of carboxylic acid groups (broad SMARTS) is 1.